The van der Waals surface area contributed by atoms with Crippen LogP contribution in [-0.4, -0.2) is 42.4 Å². The van der Waals surface area contributed by atoms with Crippen LogP contribution in [0.15, 0.2) is 54.6 Å². The van der Waals surface area contributed by atoms with Gasteiger partial charge >= 0.3 is 5.97 Å². The van der Waals surface area contributed by atoms with Crippen molar-refractivity contribution in [1.29, 1.82) is 5.26 Å². The van der Waals surface area contributed by atoms with E-state index in [0.717, 1.165) is 0 Å². The number of hydrogen-bond acceptors (Lipinski definition) is 6. The van der Waals surface area contributed by atoms with Crippen molar-refractivity contribution in [3.05, 3.63) is 65.7 Å². The number of esters is 1. The average Bonchev–Trinajstić information content (AvgIpc) is 2.75. The van der Waals surface area contributed by atoms with Crippen LogP contribution < -0.4 is 10.6 Å². The lowest BCUT2D eigenvalue weighted by molar-refractivity contribution is -0.149. The molecule has 0 heterocycles. The van der Waals surface area contributed by atoms with Gasteiger partial charge in [-0.15, -0.1) is 0 Å². The normalized spacial score (nSPS) is 11.0. The first kappa shape index (κ1) is 22.0. The van der Waals surface area contributed by atoms with Gasteiger partial charge in [-0.1, -0.05) is 30.3 Å². The molecule has 1 unspecified atom stereocenters. The molecule has 0 aliphatic heterocycles. The molecule has 2 aromatic rings. The van der Waals surface area contributed by atoms with Crippen LogP contribution in [0.3, 0.4) is 0 Å². The first-order chi connectivity index (χ1) is 14.0. The van der Waals surface area contributed by atoms with Crippen molar-refractivity contribution >= 4 is 35.2 Å². The van der Waals surface area contributed by atoms with Crippen LogP contribution in [0.2, 0.25) is 0 Å². The van der Waals surface area contributed by atoms with Gasteiger partial charge in [-0.2, -0.15) is 17.0 Å². The van der Waals surface area contributed by atoms with Crippen molar-refractivity contribution in [2.75, 3.05) is 23.9 Å². The number of thioether (sulfide) groups is 1. The smallest absolute Gasteiger partial charge is 0.329 e. The van der Waals surface area contributed by atoms with Crippen molar-refractivity contribution in [2.24, 2.45) is 0 Å². The fourth-order valence-electron chi connectivity index (χ4n) is 2.43. The van der Waals surface area contributed by atoms with E-state index >= 15 is 0 Å². The first-order valence-electron chi connectivity index (χ1n) is 8.85. The van der Waals surface area contributed by atoms with Crippen LogP contribution in [0.25, 0.3) is 0 Å². The average molecular weight is 411 g/mol. The molecule has 2 rings (SSSR count). The minimum Gasteiger partial charge on any atom is -0.454 e. The van der Waals surface area contributed by atoms with Gasteiger partial charge in [-0.3, -0.25) is 9.59 Å². The van der Waals surface area contributed by atoms with E-state index in [0.29, 0.717) is 29.0 Å². The Morgan fingerprint density at radius 3 is 2.48 bits per heavy atom. The molecule has 0 aliphatic rings. The molecule has 0 aliphatic carbocycles. The predicted octanol–water partition coefficient (Wildman–Crippen LogP) is 2.59. The molecule has 150 valence electrons. The number of nitrogens with zero attached hydrogens (tertiary/aromatic N) is 1. The van der Waals surface area contributed by atoms with Crippen LogP contribution in [0.5, 0.6) is 0 Å². The monoisotopic (exact) mass is 411 g/mol. The Morgan fingerprint density at radius 1 is 1.10 bits per heavy atom. The molecule has 29 heavy (non-hydrogen) atoms. The molecule has 0 saturated carbocycles. The van der Waals surface area contributed by atoms with Gasteiger partial charge < -0.3 is 15.4 Å². The van der Waals surface area contributed by atoms with Crippen LogP contribution in [0, 0.1) is 11.3 Å². The van der Waals surface area contributed by atoms with Crippen LogP contribution in [-0.2, 0) is 14.3 Å². The number of benzene rings is 2. The van der Waals surface area contributed by atoms with E-state index < -0.39 is 24.5 Å². The van der Waals surface area contributed by atoms with Crippen LogP contribution in [0.1, 0.15) is 22.3 Å². The summed E-state index contributed by atoms with van der Waals surface area (Å²) in [6, 6.07) is 16.2. The van der Waals surface area contributed by atoms with Gasteiger partial charge in [0.2, 0.25) is 0 Å². The lowest BCUT2D eigenvalue weighted by atomic mass is 10.1. The largest absolute Gasteiger partial charge is 0.454 e. The third kappa shape index (κ3) is 6.97. The minimum absolute atomic E-state index is 0.306. The molecule has 0 radical (unpaired) electrons. The molecular formula is C21H21N3O4S. The van der Waals surface area contributed by atoms with Gasteiger partial charge in [0.15, 0.2) is 6.61 Å². The van der Waals surface area contributed by atoms with E-state index in [2.05, 4.69) is 10.6 Å². The minimum atomic E-state index is -0.866. The Bertz CT molecular complexity index is 896. The maximum Gasteiger partial charge on any atom is 0.329 e. The van der Waals surface area contributed by atoms with Crippen LogP contribution in [0.4, 0.5) is 5.69 Å². The van der Waals surface area contributed by atoms with E-state index in [-0.39, 0.29) is 5.91 Å². The Kier molecular flexibility index (Phi) is 8.73. The Morgan fingerprint density at radius 2 is 1.79 bits per heavy atom. The molecule has 8 heteroatoms. The topological polar surface area (TPSA) is 108 Å². The van der Waals surface area contributed by atoms with E-state index in [1.54, 1.807) is 54.6 Å². The number of nitriles is 1. The van der Waals surface area contributed by atoms with Gasteiger partial charge in [0.1, 0.15) is 12.1 Å². The van der Waals surface area contributed by atoms with Crippen molar-refractivity contribution in [3.63, 3.8) is 0 Å². The third-order valence-corrected chi connectivity index (χ3v) is 4.55. The maximum absolute atomic E-state index is 12.4. The number of carbonyl (C=O) groups is 3. The fraction of sp³-hybridized carbons (Fsp3) is 0.238. The summed E-state index contributed by atoms with van der Waals surface area (Å²) in [4.78, 5) is 36.8. The standard InChI is InChI=1S/C21H21N3O4S/c1-29-12-11-18(24-20(26)15-7-3-2-4-8-15)21(27)28-14-19(25)23-17-10-6-5-9-16(17)13-22/h2-10,18H,11-12,14H2,1H3,(H,23,25)(H,24,26). The summed E-state index contributed by atoms with van der Waals surface area (Å²) in [6.45, 7) is -0.518. The zero-order chi connectivity index (χ0) is 21.1. The highest BCUT2D eigenvalue weighted by Crippen LogP contribution is 2.13. The quantitative estimate of drug-likeness (QED) is 0.614. The Labute approximate surface area is 173 Å². The SMILES string of the molecule is CSCCC(NC(=O)c1ccccc1)C(=O)OCC(=O)Nc1ccccc1C#N. The zero-order valence-corrected chi connectivity index (χ0v) is 16.7. The highest BCUT2D eigenvalue weighted by Gasteiger charge is 2.23. The van der Waals surface area contributed by atoms with Crippen molar-refractivity contribution in [2.45, 2.75) is 12.5 Å². The number of ether oxygens (including phenoxy) is 1. The molecule has 0 aromatic heterocycles. The van der Waals surface area contributed by atoms with Crippen LogP contribution >= 0.6 is 11.8 Å². The number of nitrogens with one attached hydrogen (secondary N) is 2. The van der Waals surface area contributed by atoms with Crippen molar-refractivity contribution in [3.8, 4) is 6.07 Å². The maximum atomic E-state index is 12.4. The van der Waals surface area contributed by atoms with Crippen molar-refractivity contribution in [1.82, 2.24) is 5.32 Å². The lowest BCUT2D eigenvalue weighted by Gasteiger charge is -2.17. The highest BCUT2D eigenvalue weighted by molar-refractivity contribution is 7.98. The molecule has 1 atom stereocenters. The molecule has 2 amide bonds. The Balaban J connectivity index is 1.94. The summed E-state index contributed by atoms with van der Waals surface area (Å²) >= 11 is 1.53. The van der Waals surface area contributed by atoms with Gasteiger partial charge in [0, 0.05) is 5.56 Å². The molecule has 0 bridgehead atoms. The second kappa shape index (κ2) is 11.5. The molecule has 0 saturated heterocycles. The molecular weight excluding hydrogens is 390 g/mol. The lowest BCUT2D eigenvalue weighted by Crippen LogP contribution is -2.43. The van der Waals surface area contributed by atoms with E-state index in [1.807, 2.05) is 12.3 Å². The summed E-state index contributed by atoms with van der Waals surface area (Å²) in [6.07, 6.45) is 2.26. The predicted molar refractivity (Wildman–Crippen MR) is 111 cm³/mol. The Hall–Kier alpha value is -3.31. The molecule has 2 aromatic carbocycles. The molecule has 0 fully saturated rings. The summed E-state index contributed by atoms with van der Waals surface area (Å²) in [5, 5.41) is 14.2. The zero-order valence-electron chi connectivity index (χ0n) is 15.9. The first-order valence-corrected chi connectivity index (χ1v) is 10.2. The van der Waals surface area contributed by atoms with Gasteiger partial charge in [-0.25, -0.2) is 4.79 Å². The van der Waals surface area contributed by atoms with E-state index in [4.69, 9.17) is 10.00 Å². The number of para-hydroxylation sites is 1. The summed E-state index contributed by atoms with van der Waals surface area (Å²) in [7, 11) is 0. The summed E-state index contributed by atoms with van der Waals surface area (Å²) in [5.41, 5.74) is 1.08. The third-order valence-electron chi connectivity index (χ3n) is 3.90. The number of hydrogen-bond donors (Lipinski definition) is 2. The van der Waals surface area contributed by atoms with Crippen molar-refractivity contribution < 1.29 is 19.1 Å². The number of anilines is 1. The molecule has 2 N–H and O–H groups in total. The molecule has 7 nitrogen and oxygen atoms in total. The summed E-state index contributed by atoms with van der Waals surface area (Å²) < 4.78 is 5.09. The fourth-order valence-corrected chi connectivity index (χ4v) is 2.90. The van der Waals surface area contributed by atoms with E-state index in [9.17, 15) is 14.4 Å². The number of carbonyl (C=O) groups excluding carboxylic acids is 3. The van der Waals surface area contributed by atoms with E-state index in [1.165, 1.54) is 11.8 Å². The summed E-state index contributed by atoms with van der Waals surface area (Å²) in [5.74, 6) is -1.01. The highest BCUT2D eigenvalue weighted by atomic mass is 32.2. The number of amides is 2. The second-order valence-electron chi connectivity index (χ2n) is 5.99. The second-order valence-corrected chi connectivity index (χ2v) is 6.97. The van der Waals surface area contributed by atoms with Gasteiger partial charge in [0.25, 0.3) is 11.8 Å². The van der Waals surface area contributed by atoms with Gasteiger partial charge in [0.05, 0.1) is 11.3 Å². The number of rotatable bonds is 9. The van der Waals surface area contributed by atoms with Gasteiger partial charge in [-0.05, 0) is 42.7 Å². The molecule has 0 spiro atoms.